The van der Waals surface area contributed by atoms with Gasteiger partial charge >= 0.3 is 10.2 Å². The first-order chi connectivity index (χ1) is 7.00. The third-order valence-corrected chi connectivity index (χ3v) is 3.17. The molecule has 1 heterocycles. The van der Waals surface area contributed by atoms with Crippen LogP contribution in [0.5, 0.6) is 0 Å². The lowest BCUT2D eigenvalue weighted by Crippen LogP contribution is -1.98. The van der Waals surface area contributed by atoms with Crippen LogP contribution in [0.15, 0.2) is 35.4 Å². The molecule has 0 saturated heterocycles. The molecule has 0 aliphatic rings. The Morgan fingerprint density at radius 1 is 1.27 bits per heavy atom. The number of halogens is 1. The third-order valence-electron chi connectivity index (χ3n) is 2.17. The van der Waals surface area contributed by atoms with Gasteiger partial charge < -0.3 is 0 Å². The predicted molar refractivity (Wildman–Crippen MR) is 54.8 cm³/mol. The lowest BCUT2D eigenvalue weighted by atomic mass is 10.1. The van der Waals surface area contributed by atoms with E-state index in [1.165, 1.54) is 6.20 Å². The number of pyridine rings is 1. The molecule has 0 amide bonds. The van der Waals surface area contributed by atoms with Gasteiger partial charge in [-0.1, -0.05) is 18.2 Å². The second-order valence-corrected chi connectivity index (χ2v) is 4.51. The van der Waals surface area contributed by atoms with Gasteiger partial charge in [0.1, 0.15) is 4.90 Å². The van der Waals surface area contributed by atoms with Gasteiger partial charge in [0.25, 0.3) is 0 Å². The molecule has 0 saturated carbocycles. The lowest BCUT2D eigenvalue weighted by molar-refractivity contribution is 0.552. The van der Waals surface area contributed by atoms with Crippen molar-refractivity contribution in [3.63, 3.8) is 0 Å². The van der Waals surface area contributed by atoms with E-state index < -0.39 is 10.2 Å². The summed E-state index contributed by atoms with van der Waals surface area (Å²) in [5.74, 6) is 0. The van der Waals surface area contributed by atoms with E-state index in [1.54, 1.807) is 31.2 Å². The molecule has 2 rings (SSSR count). The van der Waals surface area contributed by atoms with Crippen molar-refractivity contribution >= 4 is 21.1 Å². The Hall–Kier alpha value is -1.49. The van der Waals surface area contributed by atoms with Crippen molar-refractivity contribution in [2.75, 3.05) is 0 Å². The van der Waals surface area contributed by atoms with Gasteiger partial charge in [-0.2, -0.15) is 8.42 Å². The Labute approximate surface area is 86.8 Å². The smallest absolute Gasteiger partial charge is 0.255 e. The second-order valence-electron chi connectivity index (χ2n) is 3.22. The van der Waals surface area contributed by atoms with E-state index in [0.717, 1.165) is 0 Å². The summed E-state index contributed by atoms with van der Waals surface area (Å²) < 4.78 is 35.0. The van der Waals surface area contributed by atoms with E-state index in [-0.39, 0.29) is 10.4 Å². The van der Waals surface area contributed by atoms with Gasteiger partial charge in [0.15, 0.2) is 0 Å². The monoisotopic (exact) mass is 225 g/mol. The summed E-state index contributed by atoms with van der Waals surface area (Å²) in [5.41, 5.74) is 0.545. The molecule has 0 aliphatic carbocycles. The van der Waals surface area contributed by atoms with Crippen LogP contribution >= 0.6 is 0 Å². The molecule has 0 atom stereocenters. The number of aryl methyl sites for hydroxylation is 1. The fraction of sp³-hybridized carbons (Fsp3) is 0.100. The average molecular weight is 225 g/mol. The first-order valence-corrected chi connectivity index (χ1v) is 5.67. The molecule has 78 valence electrons. The van der Waals surface area contributed by atoms with Gasteiger partial charge in [0, 0.05) is 11.6 Å². The number of nitrogens with zero attached hydrogens (tertiary/aromatic N) is 1. The molecule has 0 aliphatic heterocycles. The largest absolute Gasteiger partial charge is 0.334 e. The van der Waals surface area contributed by atoms with Crippen molar-refractivity contribution < 1.29 is 12.3 Å². The maximum Gasteiger partial charge on any atom is 0.334 e. The van der Waals surface area contributed by atoms with Gasteiger partial charge in [0.05, 0.1) is 5.52 Å². The van der Waals surface area contributed by atoms with Crippen molar-refractivity contribution in [1.82, 2.24) is 4.98 Å². The zero-order chi connectivity index (χ0) is 11.1. The van der Waals surface area contributed by atoms with Crippen LogP contribution in [-0.4, -0.2) is 13.4 Å². The minimum atomic E-state index is -4.72. The highest BCUT2D eigenvalue weighted by molar-refractivity contribution is 7.86. The first kappa shape index (κ1) is 10.0. The standard InChI is InChI=1S/C10H8FNO2S/c1-7-4-5-8-3-2-6-12-9(8)10(7)15(11,13)14/h2-6H,1H3. The molecular weight excluding hydrogens is 217 g/mol. The van der Waals surface area contributed by atoms with Crippen LogP contribution < -0.4 is 0 Å². The van der Waals surface area contributed by atoms with E-state index in [9.17, 15) is 12.3 Å². The summed E-state index contributed by atoms with van der Waals surface area (Å²) in [6.45, 7) is 1.54. The van der Waals surface area contributed by atoms with Crippen molar-refractivity contribution in [3.05, 3.63) is 36.0 Å². The lowest BCUT2D eigenvalue weighted by Gasteiger charge is -2.04. The van der Waals surface area contributed by atoms with E-state index in [2.05, 4.69) is 4.98 Å². The van der Waals surface area contributed by atoms with E-state index in [1.807, 2.05) is 0 Å². The molecule has 2 aromatic rings. The molecule has 1 aromatic carbocycles. The molecule has 5 heteroatoms. The van der Waals surface area contributed by atoms with Gasteiger partial charge in [0.2, 0.25) is 0 Å². The summed E-state index contributed by atoms with van der Waals surface area (Å²) in [6, 6.07) is 6.64. The quantitative estimate of drug-likeness (QED) is 0.699. The summed E-state index contributed by atoms with van der Waals surface area (Å²) >= 11 is 0. The van der Waals surface area contributed by atoms with Crippen molar-refractivity contribution in [1.29, 1.82) is 0 Å². The Morgan fingerprint density at radius 3 is 2.67 bits per heavy atom. The number of fused-ring (bicyclic) bond motifs is 1. The Bertz CT molecular complexity index is 622. The molecule has 1 aromatic heterocycles. The average Bonchev–Trinajstić information content (AvgIpc) is 2.15. The van der Waals surface area contributed by atoms with Crippen LogP contribution in [0.1, 0.15) is 5.56 Å². The van der Waals surface area contributed by atoms with Gasteiger partial charge in [-0.15, -0.1) is 3.89 Å². The van der Waals surface area contributed by atoms with E-state index in [0.29, 0.717) is 10.9 Å². The predicted octanol–water partition coefficient (Wildman–Crippen LogP) is 2.20. The Kier molecular flexibility index (Phi) is 2.19. The van der Waals surface area contributed by atoms with Crippen LogP contribution in [0.3, 0.4) is 0 Å². The molecular formula is C10H8FNO2S. The number of rotatable bonds is 1. The van der Waals surface area contributed by atoms with Crippen LogP contribution in [0.2, 0.25) is 0 Å². The van der Waals surface area contributed by atoms with Crippen LogP contribution in [0.4, 0.5) is 3.89 Å². The van der Waals surface area contributed by atoms with Gasteiger partial charge in [-0.05, 0) is 18.6 Å². The van der Waals surface area contributed by atoms with E-state index >= 15 is 0 Å². The zero-order valence-electron chi connectivity index (χ0n) is 7.94. The maximum absolute atomic E-state index is 13.0. The highest BCUT2D eigenvalue weighted by Crippen LogP contribution is 2.25. The molecule has 0 unspecified atom stereocenters. The molecule has 0 spiro atoms. The third kappa shape index (κ3) is 1.70. The van der Waals surface area contributed by atoms with Crippen LogP contribution in [-0.2, 0) is 10.2 Å². The number of hydrogen-bond acceptors (Lipinski definition) is 3. The minimum Gasteiger partial charge on any atom is -0.255 e. The van der Waals surface area contributed by atoms with Crippen molar-refractivity contribution in [3.8, 4) is 0 Å². The molecule has 0 fully saturated rings. The van der Waals surface area contributed by atoms with Crippen LogP contribution in [0, 0.1) is 6.92 Å². The number of benzene rings is 1. The fourth-order valence-electron chi connectivity index (χ4n) is 1.53. The highest BCUT2D eigenvalue weighted by atomic mass is 32.3. The molecule has 15 heavy (non-hydrogen) atoms. The van der Waals surface area contributed by atoms with Crippen LogP contribution in [0.25, 0.3) is 10.9 Å². The normalized spacial score (nSPS) is 11.9. The maximum atomic E-state index is 13.0. The van der Waals surface area contributed by atoms with Gasteiger partial charge in [-0.3, -0.25) is 4.98 Å². The number of aromatic nitrogens is 1. The topological polar surface area (TPSA) is 47.0 Å². The SMILES string of the molecule is Cc1ccc2cccnc2c1S(=O)(=O)F. The molecule has 3 nitrogen and oxygen atoms in total. The summed E-state index contributed by atoms with van der Waals surface area (Å²) in [6.07, 6.45) is 1.44. The molecule has 0 radical (unpaired) electrons. The fourth-order valence-corrected chi connectivity index (χ4v) is 2.38. The summed E-state index contributed by atoms with van der Waals surface area (Å²) in [5, 5.41) is 0.610. The summed E-state index contributed by atoms with van der Waals surface area (Å²) in [4.78, 5) is 3.56. The molecule has 0 bridgehead atoms. The second kappa shape index (κ2) is 3.27. The first-order valence-electron chi connectivity index (χ1n) is 4.29. The molecule has 0 N–H and O–H groups in total. The van der Waals surface area contributed by atoms with E-state index in [4.69, 9.17) is 0 Å². The zero-order valence-corrected chi connectivity index (χ0v) is 8.75. The van der Waals surface area contributed by atoms with Crippen molar-refractivity contribution in [2.45, 2.75) is 11.8 Å². The van der Waals surface area contributed by atoms with Crippen molar-refractivity contribution in [2.24, 2.45) is 0 Å². The minimum absolute atomic E-state index is 0.181. The Morgan fingerprint density at radius 2 is 2.00 bits per heavy atom. The highest BCUT2D eigenvalue weighted by Gasteiger charge is 2.19. The Balaban J connectivity index is 2.99. The number of hydrogen-bond donors (Lipinski definition) is 0. The summed E-state index contributed by atoms with van der Waals surface area (Å²) in [7, 11) is -4.72. The van der Waals surface area contributed by atoms with Gasteiger partial charge in [-0.25, -0.2) is 0 Å².